The molecule has 0 unspecified atom stereocenters. The summed E-state index contributed by atoms with van der Waals surface area (Å²) in [5, 5.41) is 3.37. The van der Waals surface area contributed by atoms with Gasteiger partial charge in [0, 0.05) is 39.3 Å². The van der Waals surface area contributed by atoms with Gasteiger partial charge in [-0.25, -0.2) is 0 Å². The van der Waals surface area contributed by atoms with E-state index in [0.29, 0.717) is 6.54 Å². The minimum Gasteiger partial charge on any atom is -0.329 e. The summed E-state index contributed by atoms with van der Waals surface area (Å²) in [6.07, 6.45) is 0. The zero-order chi connectivity index (χ0) is 14.8. The lowest BCUT2D eigenvalue weighted by atomic mass is 10.1. The third-order valence-corrected chi connectivity index (χ3v) is 3.42. The topological polar surface area (TPSA) is 41.3 Å². The Bertz CT molecular complexity index is 443. The predicted octanol–water partition coefficient (Wildman–Crippen LogP) is 2.24. The van der Waals surface area contributed by atoms with E-state index in [1.807, 2.05) is 0 Å². The summed E-state index contributed by atoms with van der Waals surface area (Å²) in [6, 6.07) is 21.3. The molecule has 3 N–H and O–H groups in total. The van der Waals surface area contributed by atoms with Crippen LogP contribution in [0.15, 0.2) is 60.7 Å². The minimum absolute atomic E-state index is 0.692. The van der Waals surface area contributed by atoms with Gasteiger partial charge in [-0.1, -0.05) is 60.7 Å². The fourth-order valence-electron chi connectivity index (χ4n) is 2.36. The smallest absolute Gasteiger partial charge is 0.0237 e. The van der Waals surface area contributed by atoms with Gasteiger partial charge in [-0.2, -0.15) is 0 Å². The molecule has 0 heterocycles. The first-order chi connectivity index (χ1) is 10.4. The van der Waals surface area contributed by atoms with Crippen molar-refractivity contribution in [3.05, 3.63) is 71.8 Å². The van der Waals surface area contributed by atoms with Crippen LogP contribution in [0, 0.1) is 0 Å². The van der Waals surface area contributed by atoms with Gasteiger partial charge in [-0.3, -0.25) is 4.90 Å². The monoisotopic (exact) mass is 283 g/mol. The molecule has 2 aromatic rings. The van der Waals surface area contributed by atoms with Crippen LogP contribution < -0.4 is 11.1 Å². The quantitative estimate of drug-likeness (QED) is 0.694. The average molecular weight is 283 g/mol. The lowest BCUT2D eigenvalue weighted by Gasteiger charge is -2.23. The van der Waals surface area contributed by atoms with Crippen LogP contribution in [0.3, 0.4) is 0 Å². The molecule has 112 valence electrons. The summed E-state index contributed by atoms with van der Waals surface area (Å²) in [5.41, 5.74) is 8.22. The van der Waals surface area contributed by atoms with Gasteiger partial charge in [0.05, 0.1) is 0 Å². The summed E-state index contributed by atoms with van der Waals surface area (Å²) in [7, 11) is 0. The molecule has 0 spiro atoms. The average Bonchev–Trinajstić information content (AvgIpc) is 2.53. The SMILES string of the molecule is NCCNCCN(Cc1ccccc1)Cc1ccccc1. The summed E-state index contributed by atoms with van der Waals surface area (Å²) in [6.45, 7) is 5.50. The lowest BCUT2D eigenvalue weighted by molar-refractivity contribution is 0.257. The van der Waals surface area contributed by atoms with E-state index in [9.17, 15) is 0 Å². The summed E-state index contributed by atoms with van der Waals surface area (Å²) >= 11 is 0. The van der Waals surface area contributed by atoms with E-state index in [1.54, 1.807) is 0 Å². The van der Waals surface area contributed by atoms with Gasteiger partial charge in [-0.15, -0.1) is 0 Å². The zero-order valence-electron chi connectivity index (χ0n) is 12.5. The lowest BCUT2D eigenvalue weighted by Crippen LogP contribution is -2.33. The molecule has 2 rings (SSSR count). The molecule has 0 radical (unpaired) electrons. The molecule has 0 bridgehead atoms. The molecule has 0 atom stereocenters. The van der Waals surface area contributed by atoms with Crippen LogP contribution in [-0.4, -0.2) is 31.1 Å². The Hall–Kier alpha value is -1.68. The van der Waals surface area contributed by atoms with Crippen molar-refractivity contribution in [2.75, 3.05) is 26.2 Å². The molecule has 0 amide bonds. The van der Waals surface area contributed by atoms with Gasteiger partial charge in [-0.05, 0) is 11.1 Å². The molecule has 21 heavy (non-hydrogen) atoms. The van der Waals surface area contributed by atoms with Crippen LogP contribution in [0.4, 0.5) is 0 Å². The molecule has 0 aliphatic carbocycles. The minimum atomic E-state index is 0.692. The molecular weight excluding hydrogens is 258 g/mol. The second-order valence-electron chi connectivity index (χ2n) is 5.22. The van der Waals surface area contributed by atoms with Crippen LogP contribution in [0.2, 0.25) is 0 Å². The third kappa shape index (κ3) is 6.08. The molecule has 0 fully saturated rings. The van der Waals surface area contributed by atoms with Crippen molar-refractivity contribution in [2.24, 2.45) is 5.73 Å². The molecule has 0 aromatic heterocycles. The number of rotatable bonds is 9. The maximum Gasteiger partial charge on any atom is 0.0237 e. The van der Waals surface area contributed by atoms with E-state index in [1.165, 1.54) is 11.1 Å². The molecule has 3 heteroatoms. The number of nitrogens with one attached hydrogen (secondary N) is 1. The van der Waals surface area contributed by atoms with E-state index in [2.05, 4.69) is 70.9 Å². The highest BCUT2D eigenvalue weighted by atomic mass is 15.1. The Morgan fingerprint density at radius 3 is 1.76 bits per heavy atom. The van der Waals surface area contributed by atoms with Gasteiger partial charge >= 0.3 is 0 Å². The first kappa shape index (κ1) is 15.7. The van der Waals surface area contributed by atoms with Crippen LogP contribution in [0.25, 0.3) is 0 Å². The number of hydrogen-bond acceptors (Lipinski definition) is 3. The first-order valence-corrected chi connectivity index (χ1v) is 7.59. The van der Waals surface area contributed by atoms with Crippen molar-refractivity contribution >= 4 is 0 Å². The Morgan fingerprint density at radius 2 is 1.29 bits per heavy atom. The molecule has 0 saturated carbocycles. The van der Waals surface area contributed by atoms with Gasteiger partial charge in [0.15, 0.2) is 0 Å². The van der Waals surface area contributed by atoms with E-state index < -0.39 is 0 Å². The molecule has 0 saturated heterocycles. The van der Waals surface area contributed by atoms with Gasteiger partial charge in [0.2, 0.25) is 0 Å². The van der Waals surface area contributed by atoms with E-state index >= 15 is 0 Å². The largest absolute Gasteiger partial charge is 0.329 e. The van der Waals surface area contributed by atoms with Crippen LogP contribution in [0.5, 0.6) is 0 Å². The molecular formula is C18H25N3. The molecule has 0 aliphatic rings. The summed E-state index contributed by atoms with van der Waals surface area (Å²) in [4.78, 5) is 2.47. The zero-order valence-corrected chi connectivity index (χ0v) is 12.5. The van der Waals surface area contributed by atoms with Crippen molar-refractivity contribution in [1.29, 1.82) is 0 Å². The Labute approximate surface area is 127 Å². The fraction of sp³-hybridized carbons (Fsp3) is 0.333. The van der Waals surface area contributed by atoms with Gasteiger partial charge < -0.3 is 11.1 Å². The van der Waals surface area contributed by atoms with E-state index in [0.717, 1.165) is 32.7 Å². The van der Waals surface area contributed by atoms with Crippen LogP contribution in [-0.2, 0) is 13.1 Å². The van der Waals surface area contributed by atoms with Gasteiger partial charge in [0.25, 0.3) is 0 Å². The number of nitrogens with zero attached hydrogens (tertiary/aromatic N) is 1. The Balaban J connectivity index is 1.93. The predicted molar refractivity (Wildman–Crippen MR) is 88.9 cm³/mol. The van der Waals surface area contributed by atoms with Crippen LogP contribution >= 0.6 is 0 Å². The standard InChI is InChI=1S/C18H25N3/c19-11-12-20-13-14-21(15-17-7-3-1-4-8-17)16-18-9-5-2-6-10-18/h1-10,20H,11-16,19H2. The van der Waals surface area contributed by atoms with Crippen LogP contribution in [0.1, 0.15) is 11.1 Å². The van der Waals surface area contributed by atoms with Crippen molar-refractivity contribution < 1.29 is 0 Å². The van der Waals surface area contributed by atoms with Crippen molar-refractivity contribution in [3.63, 3.8) is 0 Å². The number of hydrogen-bond donors (Lipinski definition) is 2. The van der Waals surface area contributed by atoms with Crippen molar-refractivity contribution in [3.8, 4) is 0 Å². The second kappa shape index (κ2) is 9.29. The van der Waals surface area contributed by atoms with E-state index in [4.69, 9.17) is 5.73 Å². The third-order valence-electron chi connectivity index (χ3n) is 3.42. The Kier molecular flexibility index (Phi) is 6.95. The molecule has 3 nitrogen and oxygen atoms in total. The number of nitrogens with two attached hydrogens (primary N) is 1. The van der Waals surface area contributed by atoms with Crippen molar-refractivity contribution in [1.82, 2.24) is 10.2 Å². The second-order valence-corrected chi connectivity index (χ2v) is 5.22. The van der Waals surface area contributed by atoms with Gasteiger partial charge in [0.1, 0.15) is 0 Å². The Morgan fingerprint density at radius 1 is 0.762 bits per heavy atom. The highest BCUT2D eigenvalue weighted by molar-refractivity contribution is 5.17. The number of benzene rings is 2. The molecule has 0 aliphatic heterocycles. The normalized spacial score (nSPS) is 11.0. The highest BCUT2D eigenvalue weighted by Gasteiger charge is 2.06. The van der Waals surface area contributed by atoms with E-state index in [-0.39, 0.29) is 0 Å². The summed E-state index contributed by atoms with van der Waals surface area (Å²) < 4.78 is 0. The fourth-order valence-corrected chi connectivity index (χ4v) is 2.36. The van der Waals surface area contributed by atoms with Crippen molar-refractivity contribution in [2.45, 2.75) is 13.1 Å². The first-order valence-electron chi connectivity index (χ1n) is 7.59. The molecule has 2 aromatic carbocycles. The highest BCUT2D eigenvalue weighted by Crippen LogP contribution is 2.09. The maximum absolute atomic E-state index is 5.52. The maximum atomic E-state index is 5.52. The summed E-state index contributed by atoms with van der Waals surface area (Å²) in [5.74, 6) is 0.